The Morgan fingerprint density at radius 1 is 1.07 bits per heavy atom. The van der Waals surface area contributed by atoms with Crippen molar-refractivity contribution < 1.29 is 18.7 Å². The largest absolute Gasteiger partial charge is 0.433 e. The highest BCUT2D eigenvalue weighted by molar-refractivity contribution is 6.11. The number of rotatable bonds is 4. The number of aryl methyl sites for hydroxylation is 1. The number of aromatic amines is 1. The van der Waals surface area contributed by atoms with Crippen LogP contribution in [0, 0.1) is 10.1 Å². The van der Waals surface area contributed by atoms with Crippen LogP contribution in [0.1, 0.15) is 16.2 Å². The molecular formula is C21H15N4O4+. The van der Waals surface area contributed by atoms with Crippen LogP contribution in [-0.2, 0) is 7.05 Å². The van der Waals surface area contributed by atoms with Gasteiger partial charge in [-0.2, -0.15) is 4.40 Å². The Kier molecular flexibility index (Phi) is 3.60. The van der Waals surface area contributed by atoms with Crippen molar-refractivity contribution in [2.75, 3.05) is 0 Å². The first kappa shape index (κ1) is 16.9. The van der Waals surface area contributed by atoms with E-state index in [1.54, 1.807) is 0 Å². The number of para-hydroxylation sites is 2. The number of carbonyl (C=O) groups is 1. The lowest BCUT2D eigenvalue weighted by atomic mass is 10.1. The van der Waals surface area contributed by atoms with Crippen LogP contribution in [-0.4, -0.2) is 20.1 Å². The highest BCUT2D eigenvalue weighted by atomic mass is 16.6. The number of imidazole rings is 2. The Morgan fingerprint density at radius 3 is 2.52 bits per heavy atom. The number of H-pyrrole nitrogens is 1. The molecule has 2 aromatic carbocycles. The molecule has 142 valence electrons. The Bertz CT molecular complexity index is 1410. The third-order valence-corrected chi connectivity index (χ3v) is 4.98. The van der Waals surface area contributed by atoms with E-state index < -0.39 is 16.6 Å². The van der Waals surface area contributed by atoms with Crippen LogP contribution < -0.4 is 4.57 Å². The molecule has 0 saturated carbocycles. The van der Waals surface area contributed by atoms with Crippen molar-refractivity contribution in [3.05, 3.63) is 88.3 Å². The summed E-state index contributed by atoms with van der Waals surface area (Å²) in [6, 6.07) is 19.7. The van der Waals surface area contributed by atoms with Gasteiger partial charge in [0.25, 0.3) is 5.78 Å². The molecule has 0 atom stereocenters. The number of hydrogen-bond acceptors (Lipinski definition) is 4. The van der Waals surface area contributed by atoms with Gasteiger partial charge in [-0.25, -0.2) is 9.55 Å². The zero-order valence-corrected chi connectivity index (χ0v) is 15.3. The summed E-state index contributed by atoms with van der Waals surface area (Å²) >= 11 is 0. The third-order valence-electron chi connectivity index (χ3n) is 4.98. The lowest BCUT2D eigenvalue weighted by molar-refractivity contribution is -0.620. The standard InChI is InChI=1S/C21H14N4O4/c1-23-14-9-5-6-10-15(14)24-19(20(26)16-11-12-17(29-16)25(27)28)18(22-21(23)24)13-7-3-2-4-8-13/h2-12H,1H3/p+1. The lowest BCUT2D eigenvalue weighted by Gasteiger charge is -2.00. The molecule has 3 heterocycles. The predicted molar refractivity (Wildman–Crippen MR) is 105 cm³/mol. The monoisotopic (exact) mass is 387 g/mol. The van der Waals surface area contributed by atoms with Gasteiger partial charge in [-0.3, -0.25) is 14.9 Å². The van der Waals surface area contributed by atoms with E-state index in [1.807, 2.05) is 70.6 Å². The SMILES string of the molecule is C[n+]1c2ccccc2n2c(C(=O)c3ccc([N+](=O)[O-])o3)c(-c3ccccc3)[nH]c21. The number of carbonyl (C=O) groups excluding carboxylic acids is 1. The van der Waals surface area contributed by atoms with Crippen LogP contribution in [0.2, 0.25) is 0 Å². The Labute approximate surface area is 163 Å². The van der Waals surface area contributed by atoms with Gasteiger partial charge in [0.1, 0.15) is 16.0 Å². The van der Waals surface area contributed by atoms with Gasteiger partial charge in [-0.15, -0.1) is 0 Å². The summed E-state index contributed by atoms with van der Waals surface area (Å²) < 4.78 is 9.00. The number of furan rings is 1. The second-order valence-electron chi connectivity index (χ2n) is 6.65. The lowest BCUT2D eigenvalue weighted by Crippen LogP contribution is -2.27. The molecule has 3 aromatic heterocycles. The normalized spacial score (nSPS) is 11.3. The third kappa shape index (κ3) is 2.46. The first-order valence-corrected chi connectivity index (χ1v) is 8.92. The van der Waals surface area contributed by atoms with Gasteiger partial charge >= 0.3 is 11.7 Å². The van der Waals surface area contributed by atoms with Crippen LogP contribution in [0.25, 0.3) is 28.1 Å². The Balaban J connectivity index is 1.84. The van der Waals surface area contributed by atoms with Crippen molar-refractivity contribution in [3.63, 3.8) is 0 Å². The molecule has 0 radical (unpaired) electrons. The summed E-state index contributed by atoms with van der Waals surface area (Å²) in [4.78, 5) is 27.1. The molecule has 0 aliphatic rings. The van der Waals surface area contributed by atoms with Gasteiger partial charge in [0.15, 0.2) is 17.1 Å². The summed E-state index contributed by atoms with van der Waals surface area (Å²) in [7, 11) is 1.91. The van der Waals surface area contributed by atoms with Crippen LogP contribution in [0.3, 0.4) is 0 Å². The second kappa shape index (κ2) is 6.16. The smallest absolute Gasteiger partial charge is 0.397 e. The van der Waals surface area contributed by atoms with Crippen molar-refractivity contribution in [2.24, 2.45) is 7.05 Å². The number of aromatic nitrogens is 3. The Morgan fingerprint density at radius 2 is 1.79 bits per heavy atom. The zero-order chi connectivity index (χ0) is 20.1. The number of fused-ring (bicyclic) bond motifs is 3. The topological polar surface area (TPSA) is 97.4 Å². The van der Waals surface area contributed by atoms with Gasteiger partial charge in [-0.1, -0.05) is 42.5 Å². The highest BCUT2D eigenvalue weighted by Gasteiger charge is 2.33. The van der Waals surface area contributed by atoms with E-state index >= 15 is 0 Å². The summed E-state index contributed by atoms with van der Waals surface area (Å²) in [5.41, 5.74) is 3.58. The summed E-state index contributed by atoms with van der Waals surface area (Å²) in [5.74, 6) is -0.279. The molecule has 0 aliphatic heterocycles. The molecule has 0 saturated heterocycles. The zero-order valence-electron chi connectivity index (χ0n) is 15.3. The van der Waals surface area contributed by atoms with Gasteiger partial charge in [0.05, 0.1) is 13.1 Å². The second-order valence-corrected chi connectivity index (χ2v) is 6.65. The van der Waals surface area contributed by atoms with Gasteiger partial charge in [0, 0.05) is 5.56 Å². The first-order chi connectivity index (χ1) is 14.1. The first-order valence-electron chi connectivity index (χ1n) is 8.92. The maximum Gasteiger partial charge on any atom is 0.433 e. The molecule has 5 aromatic rings. The summed E-state index contributed by atoms with van der Waals surface area (Å²) in [6.45, 7) is 0. The van der Waals surface area contributed by atoms with Crippen LogP contribution in [0.5, 0.6) is 0 Å². The van der Waals surface area contributed by atoms with Gasteiger partial charge in [-0.05, 0) is 18.2 Å². The van der Waals surface area contributed by atoms with E-state index in [4.69, 9.17) is 4.42 Å². The quantitative estimate of drug-likeness (QED) is 0.220. The fourth-order valence-corrected chi connectivity index (χ4v) is 3.66. The van der Waals surface area contributed by atoms with Gasteiger partial charge < -0.3 is 4.42 Å². The van der Waals surface area contributed by atoms with Crippen LogP contribution in [0.15, 0.2) is 71.1 Å². The predicted octanol–water partition coefficient (Wildman–Crippen LogP) is 3.64. The number of nitrogens with one attached hydrogen (secondary N) is 1. The van der Waals surface area contributed by atoms with E-state index in [-0.39, 0.29) is 5.76 Å². The van der Waals surface area contributed by atoms with Crippen LogP contribution >= 0.6 is 0 Å². The van der Waals surface area contributed by atoms with E-state index in [0.29, 0.717) is 11.4 Å². The van der Waals surface area contributed by atoms with Crippen molar-refractivity contribution >= 4 is 28.5 Å². The van der Waals surface area contributed by atoms with E-state index in [0.717, 1.165) is 22.4 Å². The van der Waals surface area contributed by atoms with Gasteiger partial charge in [0.2, 0.25) is 0 Å². The van der Waals surface area contributed by atoms with Crippen molar-refractivity contribution in [1.29, 1.82) is 0 Å². The van der Waals surface area contributed by atoms with E-state index in [2.05, 4.69) is 4.98 Å². The highest BCUT2D eigenvalue weighted by Crippen LogP contribution is 2.30. The maximum absolute atomic E-state index is 13.4. The fraction of sp³-hybridized carbons (Fsp3) is 0.0476. The number of nitro groups is 1. The van der Waals surface area contributed by atoms with Crippen molar-refractivity contribution in [2.45, 2.75) is 0 Å². The average molecular weight is 387 g/mol. The molecule has 0 aliphatic carbocycles. The molecule has 0 bridgehead atoms. The van der Waals surface area contributed by atoms with E-state index in [1.165, 1.54) is 12.1 Å². The molecule has 29 heavy (non-hydrogen) atoms. The Hall–Kier alpha value is -4.20. The number of ketones is 1. The molecule has 5 rings (SSSR count). The molecule has 0 spiro atoms. The van der Waals surface area contributed by atoms with Crippen LogP contribution in [0.4, 0.5) is 5.88 Å². The molecule has 8 heteroatoms. The summed E-state index contributed by atoms with van der Waals surface area (Å²) in [5, 5.41) is 11.0. The average Bonchev–Trinajstić information content (AvgIpc) is 3.44. The minimum absolute atomic E-state index is 0.0878. The molecule has 0 amide bonds. The molecule has 0 unspecified atom stereocenters. The van der Waals surface area contributed by atoms with Crippen molar-refractivity contribution in [3.8, 4) is 11.3 Å². The minimum atomic E-state index is -0.660. The van der Waals surface area contributed by atoms with Crippen molar-refractivity contribution in [1.82, 2.24) is 9.38 Å². The summed E-state index contributed by atoms with van der Waals surface area (Å²) in [6.07, 6.45) is 0. The molecule has 1 N–H and O–H groups in total. The fourth-order valence-electron chi connectivity index (χ4n) is 3.66. The molecular weight excluding hydrogens is 372 g/mol. The minimum Gasteiger partial charge on any atom is -0.397 e. The maximum atomic E-state index is 13.4. The van der Waals surface area contributed by atoms with E-state index in [9.17, 15) is 14.9 Å². The number of benzene rings is 2. The number of hydrogen-bond donors (Lipinski definition) is 1. The molecule has 0 fully saturated rings. The molecule has 8 nitrogen and oxygen atoms in total. The number of nitrogens with zero attached hydrogens (tertiary/aromatic N) is 3.